The van der Waals surface area contributed by atoms with Crippen molar-refractivity contribution < 1.29 is 26.2 Å². The third-order valence-corrected chi connectivity index (χ3v) is 8.09. The van der Waals surface area contributed by atoms with Crippen molar-refractivity contribution in [3.63, 3.8) is 0 Å². The first-order valence-electron chi connectivity index (χ1n) is 14.3. The number of hydrogen-bond acceptors (Lipinski definition) is 3. The number of aryl methyl sites for hydroxylation is 2. The van der Waals surface area contributed by atoms with E-state index in [0.717, 1.165) is 66.8 Å². The summed E-state index contributed by atoms with van der Waals surface area (Å²) in [6.45, 7) is 4.22. The van der Waals surface area contributed by atoms with E-state index >= 15 is 0 Å². The molecule has 5 nitrogen and oxygen atoms in total. The van der Waals surface area contributed by atoms with Crippen molar-refractivity contribution in [2.45, 2.75) is 13.8 Å². The maximum absolute atomic E-state index is 11.0. The minimum atomic E-state index is 0. The Morgan fingerprint density at radius 3 is 2.23 bits per heavy atom. The van der Waals surface area contributed by atoms with Crippen LogP contribution in [0.25, 0.3) is 72.3 Å². The zero-order chi connectivity index (χ0) is 29.1. The maximum Gasteiger partial charge on any atom is 0.144 e. The van der Waals surface area contributed by atoms with E-state index in [-0.39, 0.29) is 26.8 Å². The van der Waals surface area contributed by atoms with Crippen LogP contribution in [0, 0.1) is 13.8 Å². The number of aromatic nitrogens is 4. The summed E-state index contributed by atoms with van der Waals surface area (Å²) >= 11 is 0. The molecule has 0 atom stereocenters. The fraction of sp³-hybridized carbons (Fsp3) is 0.0526. The molecule has 0 aliphatic rings. The van der Waals surface area contributed by atoms with Crippen LogP contribution in [0.5, 0.6) is 5.75 Å². The van der Waals surface area contributed by atoms with Gasteiger partial charge in [-0.05, 0) is 60.7 Å². The SMILES string of the molecule is Cc1cc(C)cc(-c2cc(-c3cccc4c3nc(-c3cccc5cc[n-]c35)n4-c3ccccc3)nc3c(O)cccc23)c1.[Pt]. The smallest absolute Gasteiger partial charge is 0.144 e. The Kier molecular flexibility index (Phi) is 6.91. The topological polar surface area (TPSA) is 65.0 Å². The third-order valence-electron chi connectivity index (χ3n) is 8.09. The number of aromatic hydroxyl groups is 1. The summed E-state index contributed by atoms with van der Waals surface area (Å²) in [6, 6.07) is 39.0. The molecule has 0 saturated heterocycles. The zero-order valence-electron chi connectivity index (χ0n) is 24.1. The van der Waals surface area contributed by atoms with Gasteiger partial charge in [0.05, 0.1) is 16.7 Å². The molecule has 216 valence electrons. The van der Waals surface area contributed by atoms with E-state index in [4.69, 9.17) is 15.0 Å². The Bertz CT molecular complexity index is 2320. The Balaban J connectivity index is 0.00000312. The van der Waals surface area contributed by atoms with Crippen LogP contribution < -0.4 is 4.98 Å². The second-order valence-corrected chi connectivity index (χ2v) is 11.1. The molecule has 3 aromatic heterocycles. The monoisotopic (exact) mass is 750 g/mol. The van der Waals surface area contributed by atoms with E-state index in [1.807, 2.05) is 42.6 Å². The van der Waals surface area contributed by atoms with Crippen molar-refractivity contribution in [1.29, 1.82) is 0 Å². The van der Waals surface area contributed by atoms with Crippen molar-refractivity contribution in [3.05, 3.63) is 133 Å². The molecule has 5 aromatic carbocycles. The molecule has 0 unspecified atom stereocenters. The van der Waals surface area contributed by atoms with Crippen molar-refractivity contribution in [3.8, 4) is 45.2 Å². The van der Waals surface area contributed by atoms with Crippen LogP contribution in [-0.2, 0) is 21.1 Å². The van der Waals surface area contributed by atoms with Gasteiger partial charge < -0.3 is 10.1 Å². The van der Waals surface area contributed by atoms with Gasteiger partial charge in [0.1, 0.15) is 17.1 Å². The number of fused-ring (bicyclic) bond motifs is 3. The van der Waals surface area contributed by atoms with Crippen molar-refractivity contribution in [1.82, 2.24) is 19.5 Å². The van der Waals surface area contributed by atoms with Crippen molar-refractivity contribution >= 4 is 32.8 Å². The quantitative estimate of drug-likeness (QED) is 0.195. The molecule has 0 fully saturated rings. The van der Waals surface area contributed by atoms with E-state index in [2.05, 4.69) is 91.2 Å². The van der Waals surface area contributed by atoms with E-state index in [1.54, 1.807) is 6.07 Å². The number of rotatable bonds is 4. The maximum atomic E-state index is 11.0. The molecule has 44 heavy (non-hydrogen) atoms. The third kappa shape index (κ3) is 4.52. The van der Waals surface area contributed by atoms with Gasteiger partial charge in [-0.2, -0.15) is 6.20 Å². The summed E-state index contributed by atoms with van der Waals surface area (Å²) in [7, 11) is 0. The molecule has 8 aromatic rings. The fourth-order valence-corrected chi connectivity index (χ4v) is 6.28. The molecule has 1 N–H and O–H groups in total. The number of nitrogens with zero attached hydrogens (tertiary/aromatic N) is 4. The van der Waals surface area contributed by atoms with Gasteiger partial charge in [0, 0.05) is 43.3 Å². The normalized spacial score (nSPS) is 11.3. The molecular formula is C38H27N4OPt-. The number of phenolic OH excluding ortho intramolecular Hbond substituents is 1. The molecule has 0 radical (unpaired) electrons. The van der Waals surface area contributed by atoms with E-state index in [0.29, 0.717) is 5.52 Å². The molecule has 0 aliphatic carbocycles. The number of pyridine rings is 1. The van der Waals surface area contributed by atoms with Crippen LogP contribution >= 0.6 is 0 Å². The fourth-order valence-electron chi connectivity index (χ4n) is 6.28. The number of hydrogen-bond donors (Lipinski definition) is 1. The van der Waals surface area contributed by atoms with Gasteiger partial charge in [0.25, 0.3) is 0 Å². The van der Waals surface area contributed by atoms with Gasteiger partial charge >= 0.3 is 0 Å². The summed E-state index contributed by atoms with van der Waals surface area (Å²) < 4.78 is 2.20. The van der Waals surface area contributed by atoms with Gasteiger partial charge in [-0.15, -0.1) is 5.52 Å². The Labute approximate surface area is 269 Å². The van der Waals surface area contributed by atoms with Gasteiger partial charge in [-0.25, -0.2) is 9.97 Å². The molecule has 0 spiro atoms. The summed E-state index contributed by atoms with van der Waals surface area (Å²) in [4.78, 5) is 15.0. The Morgan fingerprint density at radius 1 is 0.659 bits per heavy atom. The molecule has 6 heteroatoms. The molecule has 0 amide bonds. The summed E-state index contributed by atoms with van der Waals surface area (Å²) in [5.74, 6) is 0.970. The zero-order valence-corrected chi connectivity index (χ0v) is 26.4. The Morgan fingerprint density at radius 2 is 1.41 bits per heavy atom. The van der Waals surface area contributed by atoms with Crippen molar-refractivity contribution in [2.75, 3.05) is 0 Å². The number of benzene rings is 5. The van der Waals surface area contributed by atoms with Crippen LogP contribution in [-0.4, -0.2) is 19.6 Å². The predicted molar refractivity (Wildman–Crippen MR) is 175 cm³/mol. The average Bonchev–Trinajstić information content (AvgIpc) is 3.66. The molecule has 0 bridgehead atoms. The first-order valence-corrected chi connectivity index (χ1v) is 14.3. The first-order chi connectivity index (χ1) is 21.0. The minimum absolute atomic E-state index is 0. The van der Waals surface area contributed by atoms with Crippen molar-refractivity contribution in [2.24, 2.45) is 0 Å². The number of imidazole rings is 1. The first kappa shape index (κ1) is 27.8. The van der Waals surface area contributed by atoms with Crippen LogP contribution in [0.2, 0.25) is 0 Å². The summed E-state index contributed by atoms with van der Waals surface area (Å²) in [6.07, 6.45) is 1.84. The predicted octanol–water partition coefficient (Wildman–Crippen LogP) is 9.01. The van der Waals surface area contributed by atoms with Gasteiger partial charge in [-0.3, -0.25) is 4.57 Å². The van der Waals surface area contributed by atoms with Crippen LogP contribution in [0.1, 0.15) is 11.1 Å². The average molecular weight is 751 g/mol. The standard InChI is InChI=1S/C38H27N4O.Pt/c1-23-19-24(2)21-26(20-23)31-22-32(40-37-28(31)12-8-16-34(37)43)29-13-7-15-33-36(29)41-38(42(33)27-10-4-3-5-11-27)30-14-6-9-25-17-18-39-35(25)30;/h3-22H,1-2H3,(H-,39,40,41,43);/q-1;. The van der Waals surface area contributed by atoms with Gasteiger partial charge in [-0.1, -0.05) is 96.1 Å². The number of para-hydroxylation sites is 4. The van der Waals surface area contributed by atoms with Crippen LogP contribution in [0.3, 0.4) is 0 Å². The van der Waals surface area contributed by atoms with Crippen LogP contribution in [0.15, 0.2) is 121 Å². The van der Waals surface area contributed by atoms with E-state index in [1.165, 1.54) is 11.1 Å². The van der Waals surface area contributed by atoms with Crippen LogP contribution in [0.4, 0.5) is 0 Å². The molecule has 8 rings (SSSR count). The largest absolute Gasteiger partial charge is 0.663 e. The molecule has 3 heterocycles. The van der Waals surface area contributed by atoms with Gasteiger partial charge in [0.15, 0.2) is 0 Å². The van der Waals surface area contributed by atoms with E-state index < -0.39 is 0 Å². The molecule has 0 saturated carbocycles. The van der Waals surface area contributed by atoms with Gasteiger partial charge in [0.2, 0.25) is 0 Å². The molecular weight excluding hydrogens is 724 g/mol. The number of phenols is 1. The summed E-state index contributed by atoms with van der Waals surface area (Å²) in [5, 5.41) is 13.0. The Hall–Kier alpha value is -4.99. The molecule has 0 aliphatic heterocycles. The minimum Gasteiger partial charge on any atom is -0.663 e. The second kappa shape index (κ2) is 10.9. The second-order valence-electron chi connectivity index (χ2n) is 11.1. The summed E-state index contributed by atoms with van der Waals surface area (Å²) in [5.41, 5.74) is 11.4. The van der Waals surface area contributed by atoms with E-state index in [9.17, 15) is 5.11 Å².